The van der Waals surface area contributed by atoms with Crippen molar-refractivity contribution < 1.29 is 57.4 Å². The third-order valence-corrected chi connectivity index (χ3v) is 15.1. The lowest BCUT2D eigenvalue weighted by Crippen LogP contribution is -2.53. The minimum atomic E-state index is -0.825. The van der Waals surface area contributed by atoms with Gasteiger partial charge in [0, 0.05) is 41.4 Å². The Labute approximate surface area is 506 Å². The number of hydrogen-bond donors (Lipinski definition) is 7. The van der Waals surface area contributed by atoms with Crippen LogP contribution in [0.3, 0.4) is 0 Å². The van der Waals surface area contributed by atoms with Crippen molar-refractivity contribution in [3.8, 4) is 0 Å². The number of ether oxygens (including phenoxy) is 2. The molecule has 0 aliphatic carbocycles. The van der Waals surface area contributed by atoms with Gasteiger partial charge in [-0.1, -0.05) is 171 Å². The fourth-order valence-electron chi connectivity index (χ4n) is 9.15. The second-order valence-electron chi connectivity index (χ2n) is 21.9. The largest absolute Gasteiger partial charge is 0.462 e. The highest BCUT2D eigenvalue weighted by atomic mass is 32.1. The molecule has 4 aliphatic rings. The van der Waals surface area contributed by atoms with E-state index in [-0.39, 0.29) is 89.3 Å². The molecule has 0 saturated carbocycles. The summed E-state index contributed by atoms with van der Waals surface area (Å²) in [5.74, 6) is -4.34. The molecule has 448 valence electrons. The number of cyclic esters (lactones) is 2. The number of carbonyl (C=O) groups is 10. The van der Waals surface area contributed by atoms with Crippen LogP contribution in [0.2, 0.25) is 0 Å². The van der Waals surface area contributed by atoms with Crippen LogP contribution in [-0.2, 0) is 52.6 Å². The summed E-state index contributed by atoms with van der Waals surface area (Å²) in [5.41, 5.74) is 4.86. The Bertz CT molecular complexity index is 3840. The van der Waals surface area contributed by atoms with E-state index in [9.17, 15) is 47.9 Å². The lowest BCUT2D eigenvalue weighted by Gasteiger charge is -2.18. The molecule has 20 heteroatoms. The van der Waals surface area contributed by atoms with Crippen molar-refractivity contribution >= 4 is 120 Å². The van der Waals surface area contributed by atoms with Gasteiger partial charge in [0.05, 0.1) is 16.5 Å². The van der Waals surface area contributed by atoms with Crippen LogP contribution >= 0.6 is 11.3 Å². The molecular formula is C67H67N7O12S. The number of benzene rings is 6. The Morgan fingerprint density at radius 1 is 0.483 bits per heavy atom. The Morgan fingerprint density at radius 2 is 0.954 bits per heavy atom. The third kappa shape index (κ3) is 15.4. The first-order valence-corrected chi connectivity index (χ1v) is 29.2. The van der Waals surface area contributed by atoms with Crippen molar-refractivity contribution in [3.05, 3.63) is 184 Å². The van der Waals surface area contributed by atoms with E-state index in [1.807, 2.05) is 121 Å². The summed E-state index contributed by atoms with van der Waals surface area (Å²) in [6.07, 6.45) is 0. The van der Waals surface area contributed by atoms with E-state index in [4.69, 9.17) is 9.47 Å². The van der Waals surface area contributed by atoms with E-state index in [0.717, 1.165) is 54.6 Å². The number of hydrogen-bond acceptors (Lipinski definition) is 13. The van der Waals surface area contributed by atoms with Gasteiger partial charge in [-0.15, -0.1) is 11.3 Å². The Kier molecular flexibility index (Phi) is 20.4. The second-order valence-corrected chi connectivity index (χ2v) is 22.9. The molecular weight excluding hydrogens is 1130 g/mol. The van der Waals surface area contributed by atoms with Gasteiger partial charge in [0.1, 0.15) is 30.3 Å². The van der Waals surface area contributed by atoms with Crippen molar-refractivity contribution in [1.82, 2.24) is 37.2 Å². The predicted molar refractivity (Wildman–Crippen MR) is 332 cm³/mol. The maximum absolute atomic E-state index is 12.1. The highest BCUT2D eigenvalue weighted by Crippen LogP contribution is 2.30. The van der Waals surface area contributed by atoms with Crippen LogP contribution in [0.25, 0.3) is 49.0 Å². The van der Waals surface area contributed by atoms with Gasteiger partial charge in [0.15, 0.2) is 6.04 Å². The van der Waals surface area contributed by atoms with Gasteiger partial charge >= 0.3 is 11.9 Å². The van der Waals surface area contributed by atoms with Crippen LogP contribution in [0.5, 0.6) is 0 Å². The van der Waals surface area contributed by atoms with E-state index in [1.54, 1.807) is 79.0 Å². The highest BCUT2D eigenvalue weighted by molar-refractivity contribution is 7.12. The molecule has 1 saturated heterocycles. The summed E-state index contributed by atoms with van der Waals surface area (Å²) in [7, 11) is 0. The molecule has 7 N–H and O–H groups in total. The van der Waals surface area contributed by atoms with Crippen LogP contribution in [0.15, 0.2) is 162 Å². The smallest absolute Gasteiger partial charge is 0.355 e. The number of amides is 8. The Hall–Kier alpha value is -10.1. The molecule has 0 spiro atoms. The van der Waals surface area contributed by atoms with Crippen LogP contribution in [-0.4, -0.2) is 91.0 Å². The van der Waals surface area contributed by atoms with Crippen LogP contribution in [0.4, 0.5) is 0 Å². The van der Waals surface area contributed by atoms with Gasteiger partial charge in [-0.05, 0) is 78.7 Å². The molecule has 0 radical (unpaired) electrons. The standard InChI is InChI=1S/C18H16N2O3.C18H18N2O2.C18H17NO3.C13H16N2O4S/c1-10(2)16(21)19-15-14(17(22)20-18(15)23)13-8-7-11-5-3-4-6-12(11)9-13;1-11(2)17(21)20-16-15(10-19-18(16)22)14-8-7-12-5-3-4-6-13(12)9-14;1-11(2)17(20)19-16-15(10-22-18(16)21)14-8-7-12-5-3-4-6-13(12)9-14;1-7(2)11(16)15-10-8(6-19-13(10)18)14-12(17)9-4-3-5-20-9/h3-10H,1-2H3,(H2,19,20,21,22,23);3-9,11H,10H2,1-2H3,(H,19,22)(H,20,21);3-9,11H,10H2,1-2H3,(H,19,20);3-5,7-8,10H,6H2,1-2H3,(H,14,17)(H,15,16)/t;;;8?,10-/m...0/s1. The van der Waals surface area contributed by atoms with E-state index >= 15 is 0 Å². The first kappa shape index (κ1) is 63.0. The van der Waals surface area contributed by atoms with E-state index < -0.39 is 35.8 Å². The third-order valence-electron chi connectivity index (χ3n) is 14.2. The average molecular weight is 1190 g/mol. The van der Waals surface area contributed by atoms with Crippen LogP contribution < -0.4 is 37.2 Å². The maximum Gasteiger partial charge on any atom is 0.355 e. The van der Waals surface area contributed by atoms with Gasteiger partial charge in [0.25, 0.3) is 23.6 Å². The van der Waals surface area contributed by atoms with Crippen molar-refractivity contribution in [2.75, 3.05) is 19.8 Å². The van der Waals surface area contributed by atoms with E-state index in [0.29, 0.717) is 22.7 Å². The molecule has 0 bridgehead atoms. The molecule has 8 amide bonds. The van der Waals surface area contributed by atoms with Gasteiger partial charge in [-0.25, -0.2) is 9.59 Å². The molecule has 1 unspecified atom stereocenters. The first-order valence-electron chi connectivity index (χ1n) is 28.3. The topological polar surface area (TPSA) is 273 Å². The van der Waals surface area contributed by atoms with Gasteiger partial charge < -0.3 is 41.4 Å². The van der Waals surface area contributed by atoms with Gasteiger partial charge in [-0.3, -0.25) is 43.7 Å². The quantitative estimate of drug-likeness (QED) is 0.0430. The van der Waals surface area contributed by atoms with Gasteiger partial charge in [-0.2, -0.15) is 0 Å². The Morgan fingerprint density at radius 3 is 1.46 bits per heavy atom. The lowest BCUT2D eigenvalue weighted by molar-refractivity contribution is -0.141. The number of esters is 2. The molecule has 19 nitrogen and oxygen atoms in total. The maximum atomic E-state index is 12.1. The summed E-state index contributed by atoms with van der Waals surface area (Å²) in [5, 5.41) is 26.6. The van der Waals surface area contributed by atoms with E-state index in [1.165, 1.54) is 11.3 Å². The van der Waals surface area contributed by atoms with Crippen molar-refractivity contribution in [2.45, 2.75) is 67.5 Å². The molecule has 87 heavy (non-hydrogen) atoms. The summed E-state index contributed by atoms with van der Waals surface area (Å²) in [6, 6.07) is 43.4. The number of carbonyl (C=O) groups excluding carboxylic acids is 10. The summed E-state index contributed by atoms with van der Waals surface area (Å²) in [6.45, 7) is 14.8. The van der Waals surface area contributed by atoms with Crippen molar-refractivity contribution in [2.24, 2.45) is 23.7 Å². The zero-order valence-corrected chi connectivity index (χ0v) is 50.1. The molecule has 6 aromatic carbocycles. The summed E-state index contributed by atoms with van der Waals surface area (Å²) >= 11 is 1.31. The fourth-order valence-corrected chi connectivity index (χ4v) is 9.77. The van der Waals surface area contributed by atoms with Crippen LogP contribution in [0.1, 0.15) is 81.8 Å². The minimum absolute atomic E-state index is 0.0176. The lowest BCUT2D eigenvalue weighted by atomic mass is 10.0. The second kappa shape index (κ2) is 28.2. The monoisotopic (exact) mass is 1190 g/mol. The minimum Gasteiger partial charge on any atom is -0.462 e. The molecule has 7 aromatic rings. The van der Waals surface area contributed by atoms with Gasteiger partial charge in [0.2, 0.25) is 23.6 Å². The summed E-state index contributed by atoms with van der Waals surface area (Å²) < 4.78 is 10.0. The summed E-state index contributed by atoms with van der Waals surface area (Å²) in [4.78, 5) is 120. The molecule has 5 heterocycles. The average Bonchev–Trinajstić information content (AvgIpc) is 2.10. The van der Waals surface area contributed by atoms with E-state index in [2.05, 4.69) is 37.2 Å². The van der Waals surface area contributed by atoms with Crippen molar-refractivity contribution in [1.29, 1.82) is 0 Å². The normalized spacial score (nSPS) is 16.2. The molecule has 11 rings (SSSR count). The zero-order valence-electron chi connectivity index (χ0n) is 49.2. The Balaban J connectivity index is 0.000000151. The van der Waals surface area contributed by atoms with Crippen molar-refractivity contribution in [3.63, 3.8) is 0 Å². The predicted octanol–water partition coefficient (Wildman–Crippen LogP) is 7.86. The molecule has 2 atom stereocenters. The molecule has 4 aliphatic heterocycles. The first-order chi connectivity index (χ1) is 41.6. The van der Waals surface area contributed by atoms with Crippen LogP contribution in [0, 0.1) is 23.7 Å². The number of fused-ring (bicyclic) bond motifs is 3. The highest BCUT2D eigenvalue weighted by Gasteiger charge is 2.40. The fraction of sp³-hybridized carbons (Fsp3) is 0.254. The zero-order chi connectivity index (χ0) is 62.6. The molecule has 1 aromatic heterocycles. The number of imide groups is 1. The number of thiophene rings is 1. The molecule has 1 fully saturated rings. The number of nitrogens with one attached hydrogen (secondary N) is 7. The number of rotatable bonds is 13. The SMILES string of the molecule is CC(C)C(=O)NC1=C(c2ccc3ccccc3c2)C(=O)NC1=O.CC(C)C(=O)NC1=C(c2ccc3ccccc3c2)CNC1=O.CC(C)C(=O)NC1=C(c2ccc3ccccc3c2)COC1=O.CC(C)C(=O)N[C@@H]1C(=O)OCC1NC(=O)c1cccs1.